The van der Waals surface area contributed by atoms with E-state index in [0.29, 0.717) is 23.3 Å². The zero-order valence-electron chi connectivity index (χ0n) is 14.3. The number of non-ortho nitro benzene ring substituents is 2. The third-order valence-electron chi connectivity index (χ3n) is 4.07. The van der Waals surface area contributed by atoms with E-state index >= 15 is 0 Å². The van der Waals surface area contributed by atoms with Crippen molar-refractivity contribution in [2.24, 2.45) is 0 Å². The Kier molecular flexibility index (Phi) is 4.84. The van der Waals surface area contributed by atoms with Crippen LogP contribution >= 0.6 is 0 Å². The zero-order chi connectivity index (χ0) is 19.6. The number of aromatic amines is 1. The highest BCUT2D eigenvalue weighted by molar-refractivity contribution is 5.90. The number of benzene rings is 2. The van der Waals surface area contributed by atoms with E-state index in [1.807, 2.05) is 0 Å². The fraction of sp³-hybridized carbons (Fsp3) is 0.167. The molecule has 2 aromatic carbocycles. The molecule has 0 bridgehead atoms. The van der Waals surface area contributed by atoms with E-state index in [2.05, 4.69) is 4.98 Å². The van der Waals surface area contributed by atoms with E-state index in [1.165, 1.54) is 12.1 Å². The molecule has 9 heteroatoms. The fourth-order valence-electron chi connectivity index (χ4n) is 2.85. The smallest absolute Gasteiger partial charge is 0.310 e. The second kappa shape index (κ2) is 7.24. The number of carbonyl (C=O) groups excluding carboxylic acids is 1. The Morgan fingerprint density at radius 1 is 1.04 bits per heavy atom. The van der Waals surface area contributed by atoms with E-state index in [0.717, 1.165) is 17.0 Å². The first-order chi connectivity index (χ1) is 12.9. The normalized spacial score (nSPS) is 10.7. The summed E-state index contributed by atoms with van der Waals surface area (Å²) in [6.45, 7) is 2.04. The molecule has 0 saturated heterocycles. The van der Waals surface area contributed by atoms with Crippen molar-refractivity contribution in [3.63, 3.8) is 0 Å². The van der Waals surface area contributed by atoms with Gasteiger partial charge in [-0.3, -0.25) is 25.0 Å². The van der Waals surface area contributed by atoms with Crippen molar-refractivity contribution in [3.05, 3.63) is 68.4 Å². The molecular weight excluding hydrogens is 354 g/mol. The number of esters is 1. The minimum atomic E-state index is -0.666. The maximum atomic E-state index is 11.7. The Morgan fingerprint density at radius 3 is 2.30 bits per heavy atom. The Bertz CT molecular complexity index is 1020. The predicted octanol–water partition coefficient (Wildman–Crippen LogP) is 3.76. The van der Waals surface area contributed by atoms with Crippen LogP contribution in [0.2, 0.25) is 0 Å². The second-order valence-electron chi connectivity index (χ2n) is 5.81. The third kappa shape index (κ3) is 3.76. The van der Waals surface area contributed by atoms with E-state index in [9.17, 15) is 25.0 Å². The summed E-state index contributed by atoms with van der Waals surface area (Å²) in [6.07, 6.45) is 1.82. The topological polar surface area (TPSA) is 128 Å². The number of carbonyl (C=O) groups is 1. The maximum absolute atomic E-state index is 11.7. The molecule has 3 rings (SSSR count). The molecule has 0 fully saturated rings. The van der Waals surface area contributed by atoms with Crippen molar-refractivity contribution in [2.45, 2.75) is 13.3 Å². The SMILES string of the molecule is CCOC(=O)Cc1c[nH]c2cc(-c3cc([N+](=O)[O-])cc([N+](=O)[O-])c3)ccc12. The molecule has 0 spiro atoms. The molecule has 0 saturated carbocycles. The van der Waals surface area contributed by atoms with Crippen LogP contribution < -0.4 is 0 Å². The lowest BCUT2D eigenvalue weighted by molar-refractivity contribution is -0.394. The number of hydrogen-bond acceptors (Lipinski definition) is 6. The third-order valence-corrected chi connectivity index (χ3v) is 4.07. The van der Waals surface area contributed by atoms with Gasteiger partial charge in [0, 0.05) is 29.2 Å². The van der Waals surface area contributed by atoms with E-state index in [4.69, 9.17) is 4.74 Å². The number of rotatable bonds is 6. The highest BCUT2D eigenvalue weighted by atomic mass is 16.6. The number of nitro benzene ring substituents is 2. The molecule has 0 radical (unpaired) electrons. The molecule has 0 unspecified atom stereocenters. The average molecular weight is 369 g/mol. The monoisotopic (exact) mass is 369 g/mol. The molecule has 0 aliphatic rings. The second-order valence-corrected chi connectivity index (χ2v) is 5.81. The van der Waals surface area contributed by atoms with E-state index in [1.54, 1.807) is 31.3 Å². The number of aromatic nitrogens is 1. The van der Waals surface area contributed by atoms with Crippen LogP contribution in [0.3, 0.4) is 0 Å². The predicted molar refractivity (Wildman–Crippen MR) is 97.4 cm³/mol. The van der Waals surface area contributed by atoms with Gasteiger partial charge in [-0.2, -0.15) is 0 Å². The van der Waals surface area contributed by atoms with Crippen molar-refractivity contribution in [1.29, 1.82) is 0 Å². The molecule has 3 aromatic rings. The van der Waals surface area contributed by atoms with Gasteiger partial charge in [-0.1, -0.05) is 12.1 Å². The van der Waals surface area contributed by atoms with Crippen molar-refractivity contribution >= 4 is 28.2 Å². The summed E-state index contributed by atoms with van der Waals surface area (Å²) in [6, 6.07) is 8.70. The van der Waals surface area contributed by atoms with Gasteiger partial charge in [0.2, 0.25) is 0 Å². The Balaban J connectivity index is 2.02. The number of nitrogens with one attached hydrogen (secondary N) is 1. The van der Waals surface area contributed by atoms with Crippen LogP contribution in [-0.2, 0) is 16.0 Å². The van der Waals surface area contributed by atoms with Crippen LogP contribution in [0.15, 0.2) is 42.6 Å². The molecule has 0 amide bonds. The van der Waals surface area contributed by atoms with E-state index < -0.39 is 9.85 Å². The molecule has 1 aromatic heterocycles. The summed E-state index contributed by atoms with van der Waals surface area (Å²) >= 11 is 0. The minimum Gasteiger partial charge on any atom is -0.466 e. The number of nitrogens with zero attached hydrogens (tertiary/aromatic N) is 2. The van der Waals surface area contributed by atoms with Gasteiger partial charge in [-0.25, -0.2) is 0 Å². The number of fused-ring (bicyclic) bond motifs is 1. The summed E-state index contributed by atoms with van der Waals surface area (Å²) in [4.78, 5) is 35.5. The zero-order valence-corrected chi connectivity index (χ0v) is 14.3. The standard InChI is InChI=1S/C18H15N3O6/c1-2-27-18(22)8-13-10-19-17-7-11(3-4-16(13)17)12-5-14(20(23)24)9-15(6-12)21(25)26/h3-7,9-10,19H,2,8H2,1H3. The Morgan fingerprint density at radius 2 is 1.70 bits per heavy atom. The number of ether oxygens (including phenoxy) is 1. The van der Waals surface area contributed by atoms with Crippen LogP contribution in [0.5, 0.6) is 0 Å². The first-order valence-corrected chi connectivity index (χ1v) is 8.09. The Hall–Kier alpha value is -3.75. The van der Waals surface area contributed by atoms with Crippen LogP contribution in [0.25, 0.3) is 22.0 Å². The van der Waals surface area contributed by atoms with Gasteiger partial charge in [0.25, 0.3) is 11.4 Å². The molecule has 0 atom stereocenters. The van der Waals surface area contributed by atoms with Crippen LogP contribution in [0.4, 0.5) is 11.4 Å². The summed E-state index contributed by atoms with van der Waals surface area (Å²) < 4.78 is 4.95. The van der Waals surface area contributed by atoms with Gasteiger partial charge in [-0.05, 0) is 29.7 Å². The fourth-order valence-corrected chi connectivity index (χ4v) is 2.85. The Labute approximate surface area is 152 Å². The molecule has 0 aliphatic carbocycles. The summed E-state index contributed by atoms with van der Waals surface area (Å²) in [5, 5.41) is 22.9. The maximum Gasteiger partial charge on any atom is 0.310 e. The summed E-state index contributed by atoms with van der Waals surface area (Å²) in [5.41, 5.74) is 1.71. The van der Waals surface area contributed by atoms with Crippen molar-refractivity contribution < 1.29 is 19.4 Å². The van der Waals surface area contributed by atoms with Crippen LogP contribution in [0, 0.1) is 20.2 Å². The first-order valence-electron chi connectivity index (χ1n) is 8.09. The number of hydrogen-bond donors (Lipinski definition) is 1. The molecule has 138 valence electrons. The van der Waals surface area contributed by atoms with Gasteiger partial charge in [0.1, 0.15) is 0 Å². The molecular formula is C18H15N3O6. The molecule has 0 aliphatic heterocycles. The van der Waals surface area contributed by atoms with Crippen molar-refractivity contribution in [2.75, 3.05) is 6.61 Å². The van der Waals surface area contributed by atoms with Crippen molar-refractivity contribution in [1.82, 2.24) is 4.98 Å². The molecule has 27 heavy (non-hydrogen) atoms. The minimum absolute atomic E-state index is 0.121. The molecule has 1 N–H and O–H groups in total. The quantitative estimate of drug-likeness (QED) is 0.400. The lowest BCUT2D eigenvalue weighted by atomic mass is 10.0. The van der Waals surface area contributed by atoms with Crippen LogP contribution in [-0.4, -0.2) is 27.4 Å². The number of H-pyrrole nitrogens is 1. The molecule has 9 nitrogen and oxygen atoms in total. The van der Waals surface area contributed by atoms with Gasteiger partial charge in [0.05, 0.1) is 28.9 Å². The highest BCUT2D eigenvalue weighted by Crippen LogP contribution is 2.32. The lowest BCUT2D eigenvalue weighted by Crippen LogP contribution is -2.06. The molecule has 1 heterocycles. The summed E-state index contributed by atoms with van der Waals surface area (Å²) in [5.74, 6) is -0.336. The van der Waals surface area contributed by atoms with Crippen LogP contribution in [0.1, 0.15) is 12.5 Å². The van der Waals surface area contributed by atoms with Gasteiger partial charge < -0.3 is 9.72 Å². The van der Waals surface area contributed by atoms with Gasteiger partial charge in [-0.15, -0.1) is 0 Å². The van der Waals surface area contributed by atoms with Gasteiger partial charge >= 0.3 is 5.97 Å². The lowest BCUT2D eigenvalue weighted by Gasteiger charge is -2.04. The highest BCUT2D eigenvalue weighted by Gasteiger charge is 2.18. The average Bonchev–Trinajstić information content (AvgIpc) is 3.03. The van der Waals surface area contributed by atoms with Crippen molar-refractivity contribution in [3.8, 4) is 11.1 Å². The first kappa shape index (κ1) is 18.1. The number of nitro groups is 2. The largest absolute Gasteiger partial charge is 0.466 e. The van der Waals surface area contributed by atoms with E-state index in [-0.39, 0.29) is 23.8 Å². The van der Waals surface area contributed by atoms with Gasteiger partial charge in [0.15, 0.2) is 0 Å². The summed E-state index contributed by atoms with van der Waals surface area (Å²) in [7, 11) is 0.